The molecule has 6 N–H and O–H groups in total. The topological polar surface area (TPSA) is 140 Å². The molecule has 0 aliphatic heterocycles. The number of nitrogens with one attached hydrogen (secondary N) is 1. The number of imidazole rings is 1. The Labute approximate surface area is 233 Å². The predicted molar refractivity (Wildman–Crippen MR) is 149 cm³/mol. The van der Waals surface area contributed by atoms with Crippen molar-refractivity contribution in [2.24, 2.45) is 16.9 Å². The van der Waals surface area contributed by atoms with Crippen LogP contribution in [0.15, 0.2) is 54.7 Å². The van der Waals surface area contributed by atoms with Crippen molar-refractivity contribution in [3.8, 4) is 11.3 Å². The van der Waals surface area contributed by atoms with E-state index in [0.717, 1.165) is 23.8 Å². The van der Waals surface area contributed by atoms with Gasteiger partial charge >= 0.3 is 0 Å². The van der Waals surface area contributed by atoms with Gasteiger partial charge in [0.05, 0.1) is 17.8 Å². The molecule has 11 heteroatoms. The molecule has 2 atom stereocenters. The Morgan fingerprint density at radius 1 is 1.15 bits per heavy atom. The highest BCUT2D eigenvalue weighted by Crippen LogP contribution is 2.39. The summed E-state index contributed by atoms with van der Waals surface area (Å²) in [5.74, 6) is -1.81. The van der Waals surface area contributed by atoms with E-state index in [1.807, 2.05) is 51.1 Å². The van der Waals surface area contributed by atoms with Crippen molar-refractivity contribution in [1.29, 1.82) is 0 Å². The van der Waals surface area contributed by atoms with Crippen molar-refractivity contribution in [2.45, 2.75) is 45.8 Å². The van der Waals surface area contributed by atoms with Gasteiger partial charge in [0.25, 0.3) is 0 Å². The van der Waals surface area contributed by atoms with Crippen molar-refractivity contribution >= 4 is 11.8 Å². The summed E-state index contributed by atoms with van der Waals surface area (Å²) in [5, 5.41) is 12.5. The Kier molecular flexibility index (Phi) is 10.5. The molecule has 9 nitrogen and oxygen atoms in total. The molecule has 3 aromatic rings. The molecule has 0 saturated carbocycles. The van der Waals surface area contributed by atoms with E-state index < -0.39 is 47.6 Å². The highest BCUT2D eigenvalue weighted by atomic mass is 19.1. The Balaban J connectivity index is 2.10. The number of nitrogens with zero attached hydrogens (tertiary/aromatic N) is 3. The lowest BCUT2D eigenvalue weighted by atomic mass is 9.84. The van der Waals surface area contributed by atoms with E-state index in [0.29, 0.717) is 12.4 Å². The Morgan fingerprint density at radius 2 is 1.85 bits per heavy atom. The van der Waals surface area contributed by atoms with Gasteiger partial charge in [-0.15, -0.1) is 0 Å². The quantitative estimate of drug-likeness (QED) is 0.270. The zero-order valence-electron chi connectivity index (χ0n) is 23.1. The van der Waals surface area contributed by atoms with E-state index in [1.54, 1.807) is 10.8 Å². The van der Waals surface area contributed by atoms with Crippen LogP contribution in [0.25, 0.3) is 11.3 Å². The largest absolute Gasteiger partial charge is 0.387 e. The number of benzene rings is 2. The number of rotatable bonds is 12. The molecule has 1 heterocycles. The Morgan fingerprint density at radius 3 is 2.48 bits per heavy atom. The van der Waals surface area contributed by atoms with Crippen molar-refractivity contribution in [3.05, 3.63) is 77.8 Å². The van der Waals surface area contributed by atoms with Gasteiger partial charge in [-0.2, -0.15) is 0 Å². The summed E-state index contributed by atoms with van der Waals surface area (Å²) in [6.07, 6.45) is 1.74. The minimum Gasteiger partial charge on any atom is -0.387 e. The second-order valence-corrected chi connectivity index (χ2v) is 10.7. The normalized spacial score (nSPS) is 13.1. The molecular weight excluding hydrogens is 518 g/mol. The van der Waals surface area contributed by atoms with E-state index in [2.05, 4.69) is 5.32 Å². The molecule has 0 spiro atoms. The van der Waals surface area contributed by atoms with E-state index in [4.69, 9.17) is 16.5 Å². The number of carbonyl (C=O) groups is 2. The number of aliphatic hydroxyl groups excluding tert-OH is 1. The summed E-state index contributed by atoms with van der Waals surface area (Å²) in [4.78, 5) is 31.7. The average molecular weight is 557 g/mol. The first-order valence-electron chi connectivity index (χ1n) is 13.2. The molecule has 0 saturated heterocycles. The maximum atomic E-state index is 14.8. The molecule has 2 amide bonds. The van der Waals surface area contributed by atoms with Gasteiger partial charge in [0.2, 0.25) is 11.8 Å². The third-order valence-corrected chi connectivity index (χ3v) is 6.50. The smallest absolute Gasteiger partial charge is 0.248 e. The molecule has 0 aliphatic carbocycles. The molecule has 0 unspecified atom stereocenters. The first kappa shape index (κ1) is 30.9. The molecule has 0 bridgehead atoms. The maximum absolute atomic E-state index is 14.8. The molecule has 3 rings (SSSR count). The molecule has 1 aromatic heterocycles. The number of hydrogen-bond acceptors (Lipinski definition) is 6. The van der Waals surface area contributed by atoms with Crippen molar-refractivity contribution < 1.29 is 23.5 Å². The zero-order chi connectivity index (χ0) is 29.4. The lowest BCUT2D eigenvalue weighted by Crippen LogP contribution is -2.48. The third-order valence-electron chi connectivity index (χ3n) is 6.50. The van der Waals surface area contributed by atoms with Crippen LogP contribution in [-0.4, -0.2) is 63.7 Å². The van der Waals surface area contributed by atoms with Gasteiger partial charge in [0, 0.05) is 37.9 Å². The van der Waals surface area contributed by atoms with Crippen LogP contribution in [0.1, 0.15) is 44.6 Å². The Hall–Kier alpha value is -3.67. The summed E-state index contributed by atoms with van der Waals surface area (Å²) in [6.45, 7) is 5.87. The van der Waals surface area contributed by atoms with Crippen LogP contribution in [0.3, 0.4) is 0 Å². The lowest BCUT2D eigenvalue weighted by molar-refractivity contribution is -0.140. The number of carbonyl (C=O) groups excluding carboxylic acids is 2. The molecule has 0 aliphatic rings. The first-order valence-corrected chi connectivity index (χ1v) is 13.2. The summed E-state index contributed by atoms with van der Waals surface area (Å²) in [5.41, 5.74) is 12.0. The number of halogens is 2. The molecule has 40 heavy (non-hydrogen) atoms. The van der Waals surface area contributed by atoms with Gasteiger partial charge in [0.1, 0.15) is 24.1 Å². The van der Waals surface area contributed by atoms with Crippen molar-refractivity contribution in [1.82, 2.24) is 19.8 Å². The number of aliphatic hydroxyl groups is 1. The standard InChI is InChI=1S/C29H38F2N6O3/c1-29(2,3)26(37(25(39)18-38)14-11-23(33)28(40)34-13-12-32)27-35-24(21-15-20(30)9-10-22(21)31)17-36(27)16-19-7-5-4-6-8-19/h4-10,15,17,23,26,38H,11-14,16,18,32-33H2,1-3H3,(H,34,40)/t23-,26-/m0/s1. The molecule has 216 valence electrons. The van der Waals surface area contributed by atoms with Gasteiger partial charge < -0.3 is 31.4 Å². The fourth-order valence-electron chi connectivity index (χ4n) is 4.60. The van der Waals surface area contributed by atoms with Gasteiger partial charge in [-0.1, -0.05) is 51.1 Å². The van der Waals surface area contributed by atoms with Gasteiger partial charge in [-0.05, 0) is 35.6 Å². The van der Waals surface area contributed by atoms with Crippen LogP contribution in [0.5, 0.6) is 0 Å². The number of nitrogens with two attached hydrogens (primary N) is 2. The highest BCUT2D eigenvalue weighted by molar-refractivity contribution is 5.81. The van der Waals surface area contributed by atoms with Crippen LogP contribution in [0.2, 0.25) is 0 Å². The van der Waals surface area contributed by atoms with Crippen LogP contribution in [0.4, 0.5) is 8.78 Å². The summed E-state index contributed by atoms with van der Waals surface area (Å²) in [7, 11) is 0. The maximum Gasteiger partial charge on any atom is 0.248 e. The van der Waals surface area contributed by atoms with Gasteiger partial charge in [-0.3, -0.25) is 9.59 Å². The first-order chi connectivity index (χ1) is 19.0. The molecule has 2 aromatic carbocycles. The summed E-state index contributed by atoms with van der Waals surface area (Å²) in [6, 6.07) is 11.0. The van der Waals surface area contributed by atoms with Gasteiger partial charge in [0.15, 0.2) is 0 Å². The zero-order valence-corrected chi connectivity index (χ0v) is 23.1. The second kappa shape index (κ2) is 13.6. The third kappa shape index (κ3) is 7.71. The van der Waals surface area contributed by atoms with Crippen LogP contribution >= 0.6 is 0 Å². The molecule has 0 radical (unpaired) electrons. The number of aromatic nitrogens is 2. The lowest BCUT2D eigenvalue weighted by Gasteiger charge is -2.40. The fraction of sp³-hybridized carbons (Fsp3) is 0.414. The minimum absolute atomic E-state index is 0.0145. The number of hydrogen-bond donors (Lipinski definition) is 4. The van der Waals surface area contributed by atoms with Crippen molar-refractivity contribution in [2.75, 3.05) is 26.2 Å². The second-order valence-electron chi connectivity index (χ2n) is 10.7. The monoisotopic (exact) mass is 556 g/mol. The van der Waals surface area contributed by atoms with E-state index in [1.165, 1.54) is 4.90 Å². The van der Waals surface area contributed by atoms with E-state index in [9.17, 15) is 23.5 Å². The minimum atomic E-state index is -0.915. The predicted octanol–water partition coefficient (Wildman–Crippen LogP) is 2.58. The van der Waals surface area contributed by atoms with Crippen molar-refractivity contribution in [3.63, 3.8) is 0 Å². The number of amides is 2. The highest BCUT2D eigenvalue weighted by Gasteiger charge is 2.38. The van der Waals surface area contributed by atoms with Crippen LogP contribution < -0.4 is 16.8 Å². The molecular formula is C29H38F2N6O3. The van der Waals surface area contributed by atoms with Gasteiger partial charge in [-0.25, -0.2) is 13.8 Å². The average Bonchev–Trinajstić information content (AvgIpc) is 3.32. The van der Waals surface area contributed by atoms with Crippen LogP contribution in [-0.2, 0) is 16.1 Å². The summed E-state index contributed by atoms with van der Waals surface area (Å²) < 4.78 is 30.7. The Bertz CT molecular complexity index is 1290. The van der Waals surface area contributed by atoms with Crippen LogP contribution in [0, 0.1) is 17.0 Å². The molecule has 0 fully saturated rings. The summed E-state index contributed by atoms with van der Waals surface area (Å²) >= 11 is 0. The SMILES string of the molecule is CC(C)(C)[C@H](c1nc(-c2cc(F)ccc2F)cn1Cc1ccccc1)N(CC[C@H](N)C(=O)NCCN)C(=O)CO. The van der Waals surface area contributed by atoms with E-state index in [-0.39, 0.29) is 37.3 Å². The van der Waals surface area contributed by atoms with E-state index >= 15 is 0 Å². The fourth-order valence-corrected chi connectivity index (χ4v) is 4.60.